The van der Waals surface area contributed by atoms with Crippen LogP contribution in [0.5, 0.6) is 5.75 Å². The highest BCUT2D eigenvalue weighted by molar-refractivity contribution is 9.10. The lowest BCUT2D eigenvalue weighted by Gasteiger charge is -2.20. The molecule has 2 aromatic rings. The number of rotatable bonds is 5. The summed E-state index contributed by atoms with van der Waals surface area (Å²) in [5.74, 6) is 0.990. The number of hydrogen-bond donors (Lipinski definition) is 1. The fourth-order valence-electron chi connectivity index (χ4n) is 2.37. The molecule has 0 aromatic heterocycles. The predicted molar refractivity (Wildman–Crippen MR) is 107 cm³/mol. The van der Waals surface area contributed by atoms with Gasteiger partial charge >= 0.3 is 0 Å². The van der Waals surface area contributed by atoms with E-state index >= 15 is 0 Å². The van der Waals surface area contributed by atoms with Crippen molar-refractivity contribution in [1.29, 1.82) is 0 Å². The zero-order valence-electron chi connectivity index (χ0n) is 15.5. The van der Waals surface area contributed by atoms with Gasteiger partial charge in [-0.2, -0.15) is 0 Å². The van der Waals surface area contributed by atoms with Gasteiger partial charge in [0.05, 0.1) is 5.69 Å². The van der Waals surface area contributed by atoms with Crippen LogP contribution in [0.15, 0.2) is 46.9 Å². The normalized spacial score (nSPS) is 11.5. The van der Waals surface area contributed by atoms with E-state index in [0.717, 1.165) is 10.2 Å². The Morgan fingerprint density at radius 2 is 1.76 bits per heavy atom. The molecule has 1 N–H and O–H groups in total. The van der Waals surface area contributed by atoms with Crippen molar-refractivity contribution in [3.8, 4) is 5.75 Å². The first-order valence-electron chi connectivity index (χ1n) is 8.49. The third-order valence-corrected chi connectivity index (χ3v) is 4.68. The molecule has 2 rings (SSSR count). The van der Waals surface area contributed by atoms with Gasteiger partial charge < -0.3 is 10.1 Å². The third-order valence-electron chi connectivity index (χ3n) is 4.03. The summed E-state index contributed by atoms with van der Waals surface area (Å²) in [5, 5.41) is 2.88. The van der Waals surface area contributed by atoms with E-state index in [1.54, 1.807) is 0 Å². The molecule has 4 heteroatoms. The van der Waals surface area contributed by atoms with E-state index in [1.165, 1.54) is 11.1 Å². The molecule has 0 aliphatic heterocycles. The second-order valence-electron chi connectivity index (χ2n) is 7.51. The minimum Gasteiger partial charge on any atom is -0.484 e. The van der Waals surface area contributed by atoms with E-state index in [0.29, 0.717) is 11.7 Å². The number of anilines is 1. The van der Waals surface area contributed by atoms with Crippen LogP contribution in [0.2, 0.25) is 0 Å². The van der Waals surface area contributed by atoms with Gasteiger partial charge in [0.1, 0.15) is 5.75 Å². The number of hydrogen-bond acceptors (Lipinski definition) is 2. The highest BCUT2D eigenvalue weighted by Crippen LogP contribution is 2.30. The molecule has 25 heavy (non-hydrogen) atoms. The van der Waals surface area contributed by atoms with E-state index < -0.39 is 0 Å². The molecule has 0 aliphatic carbocycles. The van der Waals surface area contributed by atoms with Crippen molar-refractivity contribution in [1.82, 2.24) is 0 Å². The van der Waals surface area contributed by atoms with Crippen molar-refractivity contribution in [3.05, 3.63) is 58.1 Å². The molecular formula is C21H26BrNO2. The summed E-state index contributed by atoms with van der Waals surface area (Å²) in [6.07, 6.45) is 0. The van der Waals surface area contributed by atoms with Crippen LogP contribution in [-0.2, 0) is 10.2 Å². The molecule has 0 saturated carbocycles. The largest absolute Gasteiger partial charge is 0.484 e. The molecule has 0 spiro atoms. The number of halogens is 1. The van der Waals surface area contributed by atoms with Crippen LogP contribution in [0, 0.1) is 0 Å². The fourth-order valence-corrected chi connectivity index (χ4v) is 2.85. The van der Waals surface area contributed by atoms with Crippen molar-refractivity contribution in [2.45, 2.75) is 46.0 Å². The summed E-state index contributed by atoms with van der Waals surface area (Å²) in [6.45, 7) is 10.7. The Balaban J connectivity index is 1.94. The van der Waals surface area contributed by atoms with E-state index in [-0.39, 0.29) is 17.9 Å². The van der Waals surface area contributed by atoms with Crippen molar-refractivity contribution in [2.24, 2.45) is 0 Å². The first-order valence-corrected chi connectivity index (χ1v) is 9.29. The number of carbonyl (C=O) groups excluding carboxylic acids is 1. The van der Waals surface area contributed by atoms with Crippen molar-refractivity contribution >= 4 is 27.5 Å². The molecule has 1 amide bonds. The molecule has 0 unspecified atom stereocenters. The molecule has 0 fully saturated rings. The minimum absolute atomic E-state index is 0.0194. The average molecular weight is 404 g/mol. The van der Waals surface area contributed by atoms with Gasteiger partial charge in [-0.25, -0.2) is 0 Å². The molecular weight excluding hydrogens is 378 g/mol. The lowest BCUT2D eigenvalue weighted by molar-refractivity contribution is -0.118. The van der Waals surface area contributed by atoms with Crippen molar-refractivity contribution in [3.63, 3.8) is 0 Å². The molecule has 0 aliphatic rings. The Hall–Kier alpha value is -1.81. The van der Waals surface area contributed by atoms with Crippen LogP contribution in [0.1, 0.15) is 51.7 Å². The zero-order valence-corrected chi connectivity index (χ0v) is 17.1. The highest BCUT2D eigenvalue weighted by atomic mass is 79.9. The van der Waals surface area contributed by atoms with Gasteiger partial charge in [-0.1, -0.05) is 52.8 Å². The van der Waals surface area contributed by atoms with E-state index in [1.807, 2.05) is 42.5 Å². The second-order valence-corrected chi connectivity index (χ2v) is 8.36. The molecule has 0 bridgehead atoms. The predicted octanol–water partition coefficient (Wildman–Crippen LogP) is 5.89. The van der Waals surface area contributed by atoms with Gasteiger partial charge in [-0.05, 0) is 62.7 Å². The molecule has 0 radical (unpaired) electrons. The Kier molecular flexibility index (Phi) is 6.28. The summed E-state index contributed by atoms with van der Waals surface area (Å²) < 4.78 is 6.44. The van der Waals surface area contributed by atoms with E-state index in [4.69, 9.17) is 4.74 Å². The Bertz CT molecular complexity index is 731. The molecule has 0 atom stereocenters. The first-order chi connectivity index (χ1) is 11.7. The monoisotopic (exact) mass is 403 g/mol. The number of carbonyl (C=O) groups is 1. The molecule has 0 heterocycles. The van der Waals surface area contributed by atoms with Crippen LogP contribution >= 0.6 is 15.9 Å². The highest BCUT2D eigenvalue weighted by Gasteiger charge is 2.15. The van der Waals surface area contributed by atoms with Crippen LogP contribution < -0.4 is 10.1 Å². The quantitative estimate of drug-likeness (QED) is 0.675. The molecule has 3 nitrogen and oxygen atoms in total. The van der Waals surface area contributed by atoms with Crippen molar-refractivity contribution < 1.29 is 9.53 Å². The number of amides is 1. The van der Waals surface area contributed by atoms with E-state index in [9.17, 15) is 4.79 Å². The van der Waals surface area contributed by atoms with Gasteiger partial charge in [0, 0.05) is 4.47 Å². The average Bonchev–Trinajstić information content (AvgIpc) is 2.54. The van der Waals surface area contributed by atoms with Crippen LogP contribution in [0.25, 0.3) is 0 Å². The number of benzene rings is 2. The van der Waals surface area contributed by atoms with Crippen molar-refractivity contribution in [2.75, 3.05) is 11.9 Å². The fraction of sp³-hybridized carbons (Fsp3) is 0.381. The van der Waals surface area contributed by atoms with Gasteiger partial charge in [-0.3, -0.25) is 4.79 Å². The maximum atomic E-state index is 12.1. The topological polar surface area (TPSA) is 38.3 Å². The van der Waals surface area contributed by atoms with Crippen LogP contribution in [-0.4, -0.2) is 12.5 Å². The summed E-state index contributed by atoms with van der Waals surface area (Å²) in [7, 11) is 0. The summed E-state index contributed by atoms with van der Waals surface area (Å²) in [4.78, 5) is 12.1. The van der Waals surface area contributed by atoms with E-state index in [2.05, 4.69) is 55.9 Å². The van der Waals surface area contributed by atoms with Gasteiger partial charge in [0.2, 0.25) is 0 Å². The molecule has 134 valence electrons. The SMILES string of the molecule is CC(C)c1ccc(OCC(=O)Nc2ccc(C(C)(C)C)cc2Br)cc1. The van der Waals surface area contributed by atoms with Gasteiger partial charge in [0.25, 0.3) is 5.91 Å². The Morgan fingerprint density at radius 1 is 1.12 bits per heavy atom. The summed E-state index contributed by atoms with van der Waals surface area (Å²) >= 11 is 3.53. The first kappa shape index (κ1) is 19.5. The smallest absolute Gasteiger partial charge is 0.262 e. The number of nitrogens with one attached hydrogen (secondary N) is 1. The van der Waals surface area contributed by atoms with Crippen LogP contribution in [0.4, 0.5) is 5.69 Å². The summed E-state index contributed by atoms with van der Waals surface area (Å²) in [6, 6.07) is 13.8. The third kappa shape index (κ3) is 5.60. The van der Waals surface area contributed by atoms with Gasteiger partial charge in [-0.15, -0.1) is 0 Å². The second kappa shape index (κ2) is 8.05. The molecule has 0 saturated heterocycles. The van der Waals surface area contributed by atoms with Gasteiger partial charge in [0.15, 0.2) is 6.61 Å². The minimum atomic E-state index is -0.183. The maximum Gasteiger partial charge on any atom is 0.262 e. The Morgan fingerprint density at radius 3 is 2.28 bits per heavy atom. The number of ether oxygens (including phenoxy) is 1. The zero-order chi connectivity index (χ0) is 18.6. The maximum absolute atomic E-state index is 12.1. The Labute approximate surface area is 158 Å². The van der Waals surface area contributed by atoms with Crippen LogP contribution in [0.3, 0.4) is 0 Å². The lowest BCUT2D eigenvalue weighted by Crippen LogP contribution is -2.20. The standard InChI is InChI=1S/C21H26BrNO2/c1-14(2)15-6-9-17(10-7-15)25-13-20(24)23-19-11-8-16(12-18(19)22)21(3,4)5/h6-12,14H,13H2,1-5H3,(H,23,24). The lowest BCUT2D eigenvalue weighted by atomic mass is 9.87. The summed E-state index contributed by atoms with van der Waals surface area (Å²) in [5.41, 5.74) is 3.27. The molecule has 2 aromatic carbocycles.